The molecule has 14 heavy (non-hydrogen) atoms. The Morgan fingerprint density at radius 1 is 1.64 bits per heavy atom. The van der Waals surface area contributed by atoms with Gasteiger partial charge in [-0.05, 0) is 5.56 Å². The lowest BCUT2D eigenvalue weighted by atomic mass is 10.1. The minimum atomic E-state index is -2.76. The quantitative estimate of drug-likeness (QED) is 0.627. The van der Waals surface area contributed by atoms with Crippen LogP contribution in [0.15, 0.2) is 6.20 Å². The number of carbonyl (C=O) groups excluding carboxylic acids is 1. The van der Waals surface area contributed by atoms with Crippen molar-refractivity contribution in [2.45, 2.75) is 12.3 Å². The number of hydrogen-bond donors (Lipinski definition) is 1. The molecular formula is C8H7ClF2N2O. The van der Waals surface area contributed by atoms with Gasteiger partial charge in [0.05, 0.1) is 5.69 Å². The van der Waals surface area contributed by atoms with Crippen LogP contribution in [-0.4, -0.2) is 11.3 Å². The number of pyridine rings is 1. The second-order valence-electron chi connectivity index (χ2n) is 2.55. The van der Waals surface area contributed by atoms with Crippen LogP contribution in [-0.2, 0) is 5.88 Å². The van der Waals surface area contributed by atoms with Crippen LogP contribution in [0.1, 0.15) is 28.0 Å². The molecule has 0 bridgehead atoms. The third-order valence-electron chi connectivity index (χ3n) is 1.75. The highest BCUT2D eigenvalue weighted by Gasteiger charge is 2.19. The Balaban J connectivity index is 3.38. The fraction of sp³-hybridized carbons (Fsp3) is 0.250. The molecule has 0 atom stereocenters. The Labute approximate surface area is 83.9 Å². The summed E-state index contributed by atoms with van der Waals surface area (Å²) in [6, 6.07) is 0. The summed E-state index contributed by atoms with van der Waals surface area (Å²) in [4.78, 5) is 14.0. The molecule has 1 heterocycles. The maximum atomic E-state index is 12.5. The predicted molar refractivity (Wildman–Crippen MR) is 48.6 cm³/mol. The van der Waals surface area contributed by atoms with Crippen molar-refractivity contribution in [3.63, 3.8) is 0 Å². The molecule has 0 amide bonds. The number of aldehydes is 1. The number of carbonyl (C=O) groups is 1. The summed E-state index contributed by atoms with van der Waals surface area (Å²) in [5.74, 6) is -0.115. The molecule has 6 heteroatoms. The molecule has 0 unspecified atom stereocenters. The molecule has 1 aromatic rings. The van der Waals surface area contributed by atoms with E-state index in [-0.39, 0.29) is 22.8 Å². The van der Waals surface area contributed by atoms with E-state index in [9.17, 15) is 13.6 Å². The zero-order valence-corrected chi connectivity index (χ0v) is 7.76. The van der Waals surface area contributed by atoms with Crippen LogP contribution in [0.2, 0.25) is 0 Å². The van der Waals surface area contributed by atoms with Gasteiger partial charge in [0.25, 0.3) is 6.43 Å². The molecule has 0 spiro atoms. The Morgan fingerprint density at radius 2 is 2.29 bits per heavy atom. The monoisotopic (exact) mass is 220 g/mol. The average Bonchev–Trinajstić information content (AvgIpc) is 2.16. The molecule has 2 N–H and O–H groups in total. The van der Waals surface area contributed by atoms with Gasteiger partial charge in [-0.15, -0.1) is 11.6 Å². The first-order valence-electron chi connectivity index (χ1n) is 3.68. The van der Waals surface area contributed by atoms with Gasteiger partial charge in [-0.3, -0.25) is 9.78 Å². The molecule has 0 aliphatic carbocycles. The maximum absolute atomic E-state index is 12.5. The molecule has 1 aromatic heterocycles. The summed E-state index contributed by atoms with van der Waals surface area (Å²) in [5.41, 5.74) is 4.59. The third kappa shape index (κ3) is 1.82. The lowest BCUT2D eigenvalue weighted by molar-refractivity contribution is 0.111. The van der Waals surface area contributed by atoms with Gasteiger partial charge in [-0.2, -0.15) is 0 Å². The van der Waals surface area contributed by atoms with E-state index < -0.39 is 12.0 Å². The minimum Gasteiger partial charge on any atom is -0.396 e. The van der Waals surface area contributed by atoms with E-state index >= 15 is 0 Å². The second-order valence-corrected chi connectivity index (χ2v) is 2.82. The molecule has 0 radical (unpaired) electrons. The van der Waals surface area contributed by atoms with Crippen LogP contribution in [0.3, 0.4) is 0 Å². The van der Waals surface area contributed by atoms with Crippen LogP contribution in [0.25, 0.3) is 0 Å². The first-order chi connectivity index (χ1) is 6.61. The summed E-state index contributed by atoms with van der Waals surface area (Å²) < 4.78 is 25.0. The van der Waals surface area contributed by atoms with Crippen LogP contribution in [0.4, 0.5) is 14.5 Å². The van der Waals surface area contributed by atoms with E-state index in [1.165, 1.54) is 0 Å². The second kappa shape index (κ2) is 4.32. The van der Waals surface area contributed by atoms with Crippen molar-refractivity contribution in [1.82, 2.24) is 4.98 Å². The average molecular weight is 221 g/mol. The van der Waals surface area contributed by atoms with Gasteiger partial charge >= 0.3 is 0 Å². The number of halogens is 3. The van der Waals surface area contributed by atoms with Crippen LogP contribution >= 0.6 is 11.6 Å². The molecule has 0 saturated heterocycles. The van der Waals surface area contributed by atoms with Gasteiger partial charge in [0.2, 0.25) is 0 Å². The highest BCUT2D eigenvalue weighted by molar-refractivity contribution is 6.17. The zero-order chi connectivity index (χ0) is 10.7. The number of anilines is 1. The molecule has 3 nitrogen and oxygen atoms in total. The number of hydrogen-bond acceptors (Lipinski definition) is 3. The topological polar surface area (TPSA) is 56.0 Å². The number of nitrogens with two attached hydrogens (primary N) is 1. The smallest absolute Gasteiger partial charge is 0.266 e. The van der Waals surface area contributed by atoms with Gasteiger partial charge < -0.3 is 5.73 Å². The van der Waals surface area contributed by atoms with E-state index in [1.54, 1.807) is 0 Å². The number of aromatic nitrogens is 1. The van der Waals surface area contributed by atoms with E-state index in [0.29, 0.717) is 6.29 Å². The largest absolute Gasteiger partial charge is 0.396 e. The normalized spacial score (nSPS) is 10.6. The first kappa shape index (κ1) is 10.8. The lowest BCUT2D eigenvalue weighted by Crippen LogP contribution is -2.05. The van der Waals surface area contributed by atoms with Crippen LogP contribution in [0.5, 0.6) is 0 Å². The van der Waals surface area contributed by atoms with E-state index in [4.69, 9.17) is 17.3 Å². The summed E-state index contributed by atoms with van der Waals surface area (Å²) in [7, 11) is 0. The van der Waals surface area contributed by atoms with Crippen molar-refractivity contribution >= 4 is 23.6 Å². The summed E-state index contributed by atoms with van der Waals surface area (Å²) in [6.07, 6.45) is -1.29. The number of rotatable bonds is 3. The Morgan fingerprint density at radius 3 is 2.71 bits per heavy atom. The number of nitrogen functional groups attached to an aromatic ring is 1. The van der Waals surface area contributed by atoms with Crippen molar-refractivity contribution in [3.8, 4) is 0 Å². The summed E-state index contributed by atoms with van der Waals surface area (Å²) >= 11 is 5.43. The Kier molecular flexibility index (Phi) is 3.35. The Bertz CT molecular complexity index is 357. The molecule has 0 aliphatic heterocycles. The van der Waals surface area contributed by atoms with E-state index in [1.807, 2.05) is 0 Å². The number of alkyl halides is 3. The van der Waals surface area contributed by atoms with Crippen molar-refractivity contribution < 1.29 is 13.6 Å². The fourth-order valence-corrected chi connectivity index (χ4v) is 1.27. The SMILES string of the molecule is Nc1c(C=O)ncc(CCl)c1C(F)F. The van der Waals surface area contributed by atoms with E-state index in [2.05, 4.69) is 4.98 Å². The van der Waals surface area contributed by atoms with Crippen molar-refractivity contribution in [1.29, 1.82) is 0 Å². The standard InChI is InChI=1S/C8H7ClF2N2O/c9-1-4-2-13-5(3-14)7(12)6(4)8(10)11/h2-3,8H,1,12H2. The maximum Gasteiger partial charge on any atom is 0.266 e. The van der Waals surface area contributed by atoms with Gasteiger partial charge in [-0.1, -0.05) is 0 Å². The highest BCUT2D eigenvalue weighted by Crippen LogP contribution is 2.30. The van der Waals surface area contributed by atoms with Crippen molar-refractivity contribution in [2.75, 3.05) is 5.73 Å². The lowest BCUT2D eigenvalue weighted by Gasteiger charge is -2.10. The number of nitrogens with zero attached hydrogens (tertiary/aromatic N) is 1. The summed E-state index contributed by atoms with van der Waals surface area (Å²) in [6.45, 7) is 0. The third-order valence-corrected chi connectivity index (χ3v) is 2.03. The minimum absolute atomic E-state index is 0.115. The molecule has 0 fully saturated rings. The van der Waals surface area contributed by atoms with Crippen molar-refractivity contribution in [3.05, 3.63) is 23.0 Å². The van der Waals surface area contributed by atoms with Crippen LogP contribution in [0, 0.1) is 0 Å². The fourth-order valence-electron chi connectivity index (χ4n) is 1.06. The molecular weight excluding hydrogens is 214 g/mol. The van der Waals surface area contributed by atoms with Gasteiger partial charge in [-0.25, -0.2) is 8.78 Å². The molecule has 76 valence electrons. The van der Waals surface area contributed by atoms with Gasteiger partial charge in [0.15, 0.2) is 6.29 Å². The summed E-state index contributed by atoms with van der Waals surface area (Å²) in [5, 5.41) is 0. The van der Waals surface area contributed by atoms with Crippen LogP contribution < -0.4 is 5.73 Å². The molecule has 0 saturated carbocycles. The molecule has 0 aliphatic rings. The van der Waals surface area contributed by atoms with Gasteiger partial charge in [0.1, 0.15) is 5.69 Å². The highest BCUT2D eigenvalue weighted by atomic mass is 35.5. The van der Waals surface area contributed by atoms with Crippen molar-refractivity contribution in [2.24, 2.45) is 0 Å². The van der Waals surface area contributed by atoms with Gasteiger partial charge in [0, 0.05) is 17.6 Å². The zero-order valence-electron chi connectivity index (χ0n) is 7.01. The predicted octanol–water partition coefficient (Wildman–Crippen LogP) is 2.15. The molecule has 0 aromatic carbocycles. The van der Waals surface area contributed by atoms with E-state index in [0.717, 1.165) is 6.20 Å². The first-order valence-corrected chi connectivity index (χ1v) is 4.21. The molecule has 1 rings (SSSR count). The Hall–Kier alpha value is -1.23.